The summed E-state index contributed by atoms with van der Waals surface area (Å²) in [7, 11) is 0. The van der Waals surface area contributed by atoms with Gasteiger partial charge >= 0.3 is 0 Å². The third kappa shape index (κ3) is 3.12. The number of benzene rings is 2. The van der Waals surface area contributed by atoms with E-state index in [0.29, 0.717) is 11.1 Å². The maximum absolute atomic E-state index is 13.8. The van der Waals surface area contributed by atoms with Crippen LogP contribution in [0.5, 0.6) is 0 Å². The van der Waals surface area contributed by atoms with Crippen molar-refractivity contribution in [3.05, 3.63) is 68.7 Å². The molecule has 2 rings (SSSR count). The maximum Gasteiger partial charge on any atom is 0.141 e. The molecule has 2 aromatic carbocycles. The Hall–Kier alpha value is -1.01. The molecule has 0 aliphatic rings. The first-order valence-electron chi connectivity index (χ1n) is 5.39. The van der Waals surface area contributed by atoms with Crippen molar-refractivity contribution in [1.29, 1.82) is 0 Å². The Bertz CT molecular complexity index is 607. The molecule has 6 heteroatoms. The molecular formula is C13H10BrClF2N2. The van der Waals surface area contributed by atoms with Gasteiger partial charge in [-0.2, -0.15) is 0 Å². The van der Waals surface area contributed by atoms with Crippen molar-refractivity contribution < 1.29 is 8.78 Å². The molecule has 0 saturated heterocycles. The number of hydrogen-bond acceptors (Lipinski definition) is 2. The van der Waals surface area contributed by atoms with E-state index in [1.807, 2.05) is 0 Å². The second kappa shape index (κ2) is 5.96. The summed E-state index contributed by atoms with van der Waals surface area (Å²) in [5.74, 6) is 4.53. The highest BCUT2D eigenvalue weighted by Gasteiger charge is 2.18. The van der Waals surface area contributed by atoms with Crippen LogP contribution < -0.4 is 11.3 Å². The summed E-state index contributed by atoms with van der Waals surface area (Å²) in [6.45, 7) is 0. The number of hydrogen-bond donors (Lipinski definition) is 2. The molecule has 2 aromatic rings. The summed E-state index contributed by atoms with van der Waals surface area (Å²) in [5, 5.41) is -0.0341. The Morgan fingerprint density at radius 1 is 1.11 bits per heavy atom. The topological polar surface area (TPSA) is 38.0 Å². The van der Waals surface area contributed by atoms with Crippen LogP contribution in [0.25, 0.3) is 0 Å². The summed E-state index contributed by atoms with van der Waals surface area (Å²) in [4.78, 5) is 0. The van der Waals surface area contributed by atoms with Crippen molar-refractivity contribution in [2.45, 2.75) is 6.04 Å². The molecular weight excluding hydrogens is 338 g/mol. The highest BCUT2D eigenvalue weighted by molar-refractivity contribution is 9.10. The minimum Gasteiger partial charge on any atom is -0.271 e. The van der Waals surface area contributed by atoms with Crippen molar-refractivity contribution in [2.75, 3.05) is 0 Å². The van der Waals surface area contributed by atoms with Crippen LogP contribution in [0.3, 0.4) is 0 Å². The number of rotatable bonds is 3. The van der Waals surface area contributed by atoms with Gasteiger partial charge in [-0.25, -0.2) is 14.2 Å². The van der Waals surface area contributed by atoms with Gasteiger partial charge in [0.15, 0.2) is 0 Å². The summed E-state index contributed by atoms with van der Waals surface area (Å²) in [5.41, 5.74) is 3.43. The first-order chi connectivity index (χ1) is 9.02. The largest absolute Gasteiger partial charge is 0.271 e. The molecule has 1 unspecified atom stereocenters. The normalized spacial score (nSPS) is 12.5. The fourth-order valence-corrected chi connectivity index (χ4v) is 2.36. The Morgan fingerprint density at radius 2 is 1.79 bits per heavy atom. The van der Waals surface area contributed by atoms with E-state index in [1.54, 1.807) is 12.1 Å². The summed E-state index contributed by atoms with van der Waals surface area (Å²) >= 11 is 9.00. The number of nitrogens with one attached hydrogen (secondary N) is 1. The van der Waals surface area contributed by atoms with Crippen LogP contribution in [-0.4, -0.2) is 0 Å². The van der Waals surface area contributed by atoms with E-state index in [0.717, 1.165) is 4.47 Å². The molecule has 0 aliphatic heterocycles. The molecule has 3 N–H and O–H groups in total. The van der Waals surface area contributed by atoms with Crippen LogP contribution in [0.2, 0.25) is 5.02 Å². The second-order valence-corrected chi connectivity index (χ2v) is 5.26. The molecule has 0 radical (unpaired) electrons. The molecule has 0 fully saturated rings. The lowest BCUT2D eigenvalue weighted by molar-refractivity contribution is 0.558. The first-order valence-corrected chi connectivity index (χ1v) is 6.56. The van der Waals surface area contributed by atoms with E-state index in [4.69, 9.17) is 17.4 Å². The molecule has 2 nitrogen and oxygen atoms in total. The van der Waals surface area contributed by atoms with Crippen LogP contribution in [-0.2, 0) is 0 Å². The average Bonchev–Trinajstić information content (AvgIpc) is 2.38. The van der Waals surface area contributed by atoms with E-state index < -0.39 is 17.7 Å². The van der Waals surface area contributed by atoms with Gasteiger partial charge in [0.2, 0.25) is 0 Å². The van der Waals surface area contributed by atoms with Crippen molar-refractivity contribution in [1.82, 2.24) is 5.43 Å². The molecule has 0 aromatic heterocycles. The fraction of sp³-hybridized carbons (Fsp3) is 0.0769. The van der Waals surface area contributed by atoms with Crippen LogP contribution in [0.4, 0.5) is 8.78 Å². The third-order valence-corrected chi connectivity index (χ3v) is 3.50. The Kier molecular flexibility index (Phi) is 4.52. The lowest BCUT2D eigenvalue weighted by Crippen LogP contribution is -2.29. The van der Waals surface area contributed by atoms with E-state index in [9.17, 15) is 8.78 Å². The molecule has 0 spiro atoms. The standard InChI is InChI=1S/C13H10BrClF2N2/c14-8-2-4-11(16)9(6-8)13(19-18)7-1-3-12(17)10(15)5-7/h1-6,13,19H,18H2. The van der Waals surface area contributed by atoms with Crippen LogP contribution in [0.15, 0.2) is 40.9 Å². The van der Waals surface area contributed by atoms with Gasteiger partial charge in [-0.15, -0.1) is 0 Å². The van der Waals surface area contributed by atoms with Crippen molar-refractivity contribution in [3.8, 4) is 0 Å². The molecule has 0 aliphatic carbocycles. The Labute approximate surface area is 122 Å². The predicted octanol–water partition coefficient (Wildman–Crippen LogP) is 3.93. The van der Waals surface area contributed by atoms with Gasteiger partial charge in [0.05, 0.1) is 11.1 Å². The van der Waals surface area contributed by atoms with Crippen LogP contribution in [0, 0.1) is 11.6 Å². The van der Waals surface area contributed by atoms with E-state index in [2.05, 4.69) is 21.4 Å². The number of halogens is 4. The summed E-state index contributed by atoms with van der Waals surface area (Å²) < 4.78 is 27.7. The van der Waals surface area contributed by atoms with Gasteiger partial charge in [-0.3, -0.25) is 5.84 Å². The third-order valence-electron chi connectivity index (χ3n) is 2.71. The van der Waals surface area contributed by atoms with E-state index in [-0.39, 0.29) is 5.02 Å². The average molecular weight is 348 g/mol. The zero-order chi connectivity index (χ0) is 14.0. The first kappa shape index (κ1) is 14.4. The van der Waals surface area contributed by atoms with Crippen molar-refractivity contribution in [2.24, 2.45) is 5.84 Å². The van der Waals surface area contributed by atoms with Gasteiger partial charge in [0, 0.05) is 10.0 Å². The summed E-state index contributed by atoms with van der Waals surface area (Å²) in [6, 6.07) is 8.05. The zero-order valence-electron chi connectivity index (χ0n) is 9.63. The fourth-order valence-electron chi connectivity index (χ4n) is 1.79. The minimum atomic E-state index is -0.615. The number of nitrogens with two attached hydrogens (primary N) is 1. The predicted molar refractivity (Wildman–Crippen MR) is 74.7 cm³/mol. The van der Waals surface area contributed by atoms with Gasteiger partial charge in [-0.1, -0.05) is 33.6 Å². The highest BCUT2D eigenvalue weighted by atomic mass is 79.9. The molecule has 1 atom stereocenters. The minimum absolute atomic E-state index is 0.0341. The van der Waals surface area contributed by atoms with Gasteiger partial charge in [-0.05, 0) is 35.9 Å². The van der Waals surface area contributed by atoms with Gasteiger partial charge in [0.25, 0.3) is 0 Å². The lowest BCUT2D eigenvalue weighted by atomic mass is 9.99. The lowest BCUT2D eigenvalue weighted by Gasteiger charge is -2.18. The van der Waals surface area contributed by atoms with Crippen molar-refractivity contribution >= 4 is 27.5 Å². The molecule has 100 valence electrons. The molecule has 19 heavy (non-hydrogen) atoms. The van der Waals surface area contributed by atoms with E-state index in [1.165, 1.54) is 24.3 Å². The highest BCUT2D eigenvalue weighted by Crippen LogP contribution is 2.28. The molecule has 0 bridgehead atoms. The quantitative estimate of drug-likeness (QED) is 0.652. The second-order valence-electron chi connectivity index (χ2n) is 3.94. The maximum atomic E-state index is 13.8. The molecule has 0 heterocycles. The monoisotopic (exact) mass is 346 g/mol. The van der Waals surface area contributed by atoms with Crippen molar-refractivity contribution in [3.63, 3.8) is 0 Å². The molecule has 0 amide bonds. The van der Waals surface area contributed by atoms with Gasteiger partial charge < -0.3 is 0 Å². The molecule has 0 saturated carbocycles. The zero-order valence-corrected chi connectivity index (χ0v) is 12.0. The van der Waals surface area contributed by atoms with Crippen LogP contribution in [0.1, 0.15) is 17.2 Å². The summed E-state index contributed by atoms with van der Waals surface area (Å²) in [6.07, 6.45) is 0. The SMILES string of the molecule is NNC(c1ccc(F)c(Cl)c1)c1cc(Br)ccc1F. The smallest absolute Gasteiger partial charge is 0.141 e. The van der Waals surface area contributed by atoms with Crippen LogP contribution >= 0.6 is 27.5 Å². The Morgan fingerprint density at radius 3 is 2.42 bits per heavy atom. The Balaban J connectivity index is 2.49. The van der Waals surface area contributed by atoms with Gasteiger partial charge in [0.1, 0.15) is 11.6 Å². The van der Waals surface area contributed by atoms with E-state index >= 15 is 0 Å². The number of hydrazine groups is 1.